The van der Waals surface area contributed by atoms with Crippen LogP contribution in [0, 0.1) is 11.8 Å². The molecule has 0 aliphatic carbocycles. The highest BCUT2D eigenvalue weighted by Gasteiger charge is 2.44. The number of piperidine rings is 3. The number of ether oxygens (including phenoxy) is 1. The summed E-state index contributed by atoms with van der Waals surface area (Å²) in [4.78, 5) is 7.21. The van der Waals surface area contributed by atoms with Gasteiger partial charge in [-0.25, -0.2) is 13.1 Å². The van der Waals surface area contributed by atoms with Gasteiger partial charge in [0.15, 0.2) is 0 Å². The quantitative estimate of drug-likeness (QED) is 0.533. The molecule has 3 aliphatic rings. The van der Waals surface area contributed by atoms with Gasteiger partial charge in [0.1, 0.15) is 5.75 Å². The Balaban J connectivity index is 1.61. The van der Waals surface area contributed by atoms with E-state index in [4.69, 9.17) is 4.74 Å². The van der Waals surface area contributed by atoms with Crippen LogP contribution in [0.5, 0.6) is 5.75 Å². The van der Waals surface area contributed by atoms with Crippen molar-refractivity contribution < 1.29 is 13.2 Å². The summed E-state index contributed by atoms with van der Waals surface area (Å²) in [6.07, 6.45) is 5.86. The first kappa shape index (κ1) is 22.1. The van der Waals surface area contributed by atoms with Gasteiger partial charge in [0.25, 0.3) is 0 Å². The van der Waals surface area contributed by atoms with Crippen LogP contribution in [-0.2, 0) is 10.0 Å². The van der Waals surface area contributed by atoms with Crippen molar-refractivity contribution in [2.24, 2.45) is 11.8 Å². The molecule has 3 fully saturated rings. The molecule has 4 heterocycles. The van der Waals surface area contributed by atoms with E-state index in [-0.39, 0.29) is 10.9 Å². The number of fused-ring (bicyclic) bond motifs is 4. The Morgan fingerprint density at radius 2 is 2.03 bits per heavy atom. The van der Waals surface area contributed by atoms with Gasteiger partial charge in [0.2, 0.25) is 10.0 Å². The number of nitrogens with one attached hydrogen (secondary N) is 1. The number of benzene rings is 2. The molecule has 1 N–H and O–H groups in total. The monoisotopic (exact) mass is 463 g/mol. The molecule has 3 unspecified atom stereocenters. The Morgan fingerprint density at radius 3 is 2.73 bits per heavy atom. The van der Waals surface area contributed by atoms with Crippen LogP contribution in [-0.4, -0.2) is 44.5 Å². The molecular formula is C26H29N3O3S. The van der Waals surface area contributed by atoms with Crippen LogP contribution in [0.1, 0.15) is 24.4 Å². The average molecular weight is 464 g/mol. The number of aromatic nitrogens is 1. The van der Waals surface area contributed by atoms with Crippen LogP contribution in [0.15, 0.2) is 78.3 Å². The third kappa shape index (κ3) is 4.16. The highest BCUT2D eigenvalue weighted by atomic mass is 32.2. The average Bonchev–Trinajstić information content (AvgIpc) is 2.87. The first-order valence-corrected chi connectivity index (χ1v) is 12.8. The summed E-state index contributed by atoms with van der Waals surface area (Å²) in [6.45, 7) is 5.91. The number of methoxy groups -OCH3 is 1. The molecule has 6 rings (SSSR count). The molecule has 6 nitrogen and oxygen atoms in total. The molecule has 0 radical (unpaired) electrons. The third-order valence-corrected chi connectivity index (χ3v) is 8.65. The van der Waals surface area contributed by atoms with Gasteiger partial charge in [-0.2, -0.15) is 0 Å². The highest BCUT2D eigenvalue weighted by molar-refractivity contribution is 7.89. The topological polar surface area (TPSA) is 71.5 Å². The maximum absolute atomic E-state index is 13.5. The fourth-order valence-electron chi connectivity index (χ4n) is 5.45. The molecule has 33 heavy (non-hydrogen) atoms. The van der Waals surface area contributed by atoms with Crippen LogP contribution in [0.2, 0.25) is 0 Å². The molecule has 172 valence electrons. The number of hydrogen-bond acceptors (Lipinski definition) is 5. The predicted octanol–water partition coefficient (Wildman–Crippen LogP) is 4.16. The summed E-state index contributed by atoms with van der Waals surface area (Å²) in [5.74, 6) is 1.69. The van der Waals surface area contributed by atoms with Crippen molar-refractivity contribution in [1.29, 1.82) is 0 Å². The van der Waals surface area contributed by atoms with Crippen molar-refractivity contribution in [3.63, 3.8) is 0 Å². The number of nitrogens with zero attached hydrogens (tertiary/aromatic N) is 2. The molecule has 0 spiro atoms. The van der Waals surface area contributed by atoms with E-state index in [9.17, 15) is 8.42 Å². The second kappa shape index (κ2) is 8.89. The molecule has 3 aromatic rings. The first-order chi connectivity index (χ1) is 16.0. The summed E-state index contributed by atoms with van der Waals surface area (Å²) in [6, 6.07) is 15.9. The minimum Gasteiger partial charge on any atom is -0.497 e. The molecule has 2 aromatic carbocycles. The second-order valence-electron chi connectivity index (χ2n) is 8.94. The minimum absolute atomic E-state index is 0.0511. The molecule has 1 aromatic heterocycles. The standard InChI is InChI=1S/C26H29N3O3S/c1-3-18-17-29-14-12-19(18)15-25(29)26(28-33(30,31)21-7-5-4-6-8-21)22-11-13-27-24-10-9-20(32-2)16-23(22)24/h3-11,13,16,18-19,25-26,28H,1,12,14-15,17H2,2H3/t18?,19?,25-,26-/m0/s1. The maximum atomic E-state index is 13.5. The zero-order chi connectivity index (χ0) is 23.0. The Morgan fingerprint density at radius 1 is 1.21 bits per heavy atom. The molecule has 5 atom stereocenters. The zero-order valence-corrected chi connectivity index (χ0v) is 19.5. The van der Waals surface area contributed by atoms with E-state index in [2.05, 4.69) is 27.3 Å². The molecule has 0 saturated carbocycles. The van der Waals surface area contributed by atoms with Gasteiger partial charge in [0.05, 0.1) is 23.6 Å². The van der Waals surface area contributed by atoms with E-state index in [1.54, 1.807) is 37.6 Å². The Hall–Kier alpha value is -2.74. The molecule has 0 amide bonds. The van der Waals surface area contributed by atoms with Gasteiger partial charge >= 0.3 is 0 Å². The summed E-state index contributed by atoms with van der Waals surface area (Å²) >= 11 is 0. The first-order valence-electron chi connectivity index (χ1n) is 11.4. The SMILES string of the molecule is C=CC1CN2CCC1C[C@H]2[C@@H](NS(=O)(=O)c1ccccc1)c1ccnc2ccc(OC)cc12. The molecule has 7 heteroatoms. The van der Waals surface area contributed by atoms with Crippen molar-refractivity contribution in [3.8, 4) is 5.75 Å². The highest BCUT2D eigenvalue weighted by Crippen LogP contribution is 2.42. The normalized spacial score (nSPS) is 25.6. The second-order valence-corrected chi connectivity index (χ2v) is 10.7. The van der Waals surface area contributed by atoms with Crippen LogP contribution in [0.4, 0.5) is 0 Å². The number of hydrogen-bond donors (Lipinski definition) is 1. The van der Waals surface area contributed by atoms with E-state index in [1.807, 2.05) is 30.3 Å². The Labute approximate surface area is 195 Å². The van der Waals surface area contributed by atoms with E-state index in [0.29, 0.717) is 11.8 Å². The number of pyridine rings is 1. The smallest absolute Gasteiger partial charge is 0.241 e. The number of sulfonamides is 1. The largest absolute Gasteiger partial charge is 0.497 e. The lowest BCUT2D eigenvalue weighted by molar-refractivity contribution is 0.00490. The summed E-state index contributed by atoms with van der Waals surface area (Å²) in [5, 5.41) is 0.903. The van der Waals surface area contributed by atoms with E-state index >= 15 is 0 Å². The van der Waals surface area contributed by atoms with Gasteiger partial charge in [-0.3, -0.25) is 9.88 Å². The summed E-state index contributed by atoms with van der Waals surface area (Å²) < 4.78 is 35.5. The fourth-order valence-corrected chi connectivity index (χ4v) is 6.72. The number of rotatable bonds is 7. The van der Waals surface area contributed by atoms with Gasteiger partial charge in [-0.15, -0.1) is 6.58 Å². The van der Waals surface area contributed by atoms with Crippen molar-refractivity contribution in [2.45, 2.75) is 29.8 Å². The lowest BCUT2D eigenvalue weighted by Crippen LogP contribution is -2.57. The summed E-state index contributed by atoms with van der Waals surface area (Å²) in [5.41, 5.74) is 1.74. The van der Waals surface area contributed by atoms with E-state index < -0.39 is 16.1 Å². The van der Waals surface area contributed by atoms with Crippen molar-refractivity contribution in [1.82, 2.24) is 14.6 Å². The van der Waals surface area contributed by atoms with Crippen LogP contribution in [0.3, 0.4) is 0 Å². The van der Waals surface area contributed by atoms with Crippen LogP contribution >= 0.6 is 0 Å². The predicted molar refractivity (Wildman–Crippen MR) is 130 cm³/mol. The lowest BCUT2D eigenvalue weighted by Gasteiger charge is -2.51. The lowest BCUT2D eigenvalue weighted by atomic mass is 9.73. The molecule has 2 bridgehead atoms. The van der Waals surface area contributed by atoms with Crippen molar-refractivity contribution in [3.05, 3.63) is 79.0 Å². The summed E-state index contributed by atoms with van der Waals surface area (Å²) in [7, 11) is -2.09. The Bertz CT molecular complexity index is 1260. The Kier molecular flexibility index (Phi) is 5.95. The van der Waals surface area contributed by atoms with Gasteiger partial charge < -0.3 is 4.74 Å². The minimum atomic E-state index is -3.73. The van der Waals surface area contributed by atoms with Gasteiger partial charge in [0, 0.05) is 24.2 Å². The van der Waals surface area contributed by atoms with Gasteiger partial charge in [-0.05, 0) is 73.2 Å². The fraction of sp³-hybridized carbons (Fsp3) is 0.346. The van der Waals surface area contributed by atoms with E-state index in [1.165, 1.54) is 0 Å². The van der Waals surface area contributed by atoms with Crippen LogP contribution in [0.25, 0.3) is 10.9 Å². The van der Waals surface area contributed by atoms with Gasteiger partial charge in [-0.1, -0.05) is 24.3 Å². The third-order valence-electron chi connectivity index (χ3n) is 7.19. The molecule has 3 aliphatic heterocycles. The molecule has 3 saturated heterocycles. The maximum Gasteiger partial charge on any atom is 0.241 e. The zero-order valence-electron chi connectivity index (χ0n) is 18.7. The van der Waals surface area contributed by atoms with E-state index in [0.717, 1.165) is 48.1 Å². The van der Waals surface area contributed by atoms with Crippen molar-refractivity contribution >= 4 is 20.9 Å². The van der Waals surface area contributed by atoms with Crippen LogP contribution < -0.4 is 9.46 Å². The van der Waals surface area contributed by atoms with Crippen molar-refractivity contribution in [2.75, 3.05) is 20.2 Å². The molecular weight excluding hydrogens is 434 g/mol.